The number of fused-ring (bicyclic) bond motifs is 1. The highest BCUT2D eigenvalue weighted by Crippen LogP contribution is 2.32. The number of anilines is 1. The van der Waals surface area contributed by atoms with Crippen molar-refractivity contribution in [3.8, 4) is 0 Å². The summed E-state index contributed by atoms with van der Waals surface area (Å²) in [7, 11) is 0. The molecule has 0 unspecified atom stereocenters. The van der Waals surface area contributed by atoms with Gasteiger partial charge in [0.1, 0.15) is 5.82 Å². The monoisotopic (exact) mass is 461 g/mol. The molecule has 2 amide bonds. The lowest BCUT2D eigenvalue weighted by Gasteiger charge is -2.36. The first-order valence-corrected chi connectivity index (χ1v) is 11.6. The first-order valence-electron chi connectivity index (χ1n) is 11.6. The van der Waals surface area contributed by atoms with Crippen LogP contribution in [-0.4, -0.2) is 64.1 Å². The molecule has 1 aromatic heterocycles. The molecule has 2 aliphatic heterocycles. The van der Waals surface area contributed by atoms with E-state index in [1.165, 1.54) is 11.0 Å². The van der Waals surface area contributed by atoms with Gasteiger partial charge in [-0.15, -0.1) is 0 Å². The topological polar surface area (TPSA) is 61.7 Å². The van der Waals surface area contributed by atoms with Gasteiger partial charge in [-0.3, -0.25) is 24.1 Å². The molecular formula is C26H28FN5O2. The number of aryl methyl sites for hydroxylation is 2. The van der Waals surface area contributed by atoms with Crippen LogP contribution in [0.25, 0.3) is 0 Å². The van der Waals surface area contributed by atoms with Crippen molar-refractivity contribution in [2.24, 2.45) is 0 Å². The summed E-state index contributed by atoms with van der Waals surface area (Å²) in [6.07, 6.45) is 0. The van der Waals surface area contributed by atoms with E-state index in [2.05, 4.69) is 14.9 Å². The van der Waals surface area contributed by atoms with Crippen LogP contribution in [0.4, 0.5) is 10.1 Å². The van der Waals surface area contributed by atoms with Crippen LogP contribution in [-0.2, 0) is 13.1 Å². The lowest BCUT2D eigenvalue weighted by Crippen LogP contribution is -2.46. The fourth-order valence-electron chi connectivity index (χ4n) is 4.92. The van der Waals surface area contributed by atoms with Crippen LogP contribution in [0.2, 0.25) is 0 Å². The Hall–Kier alpha value is -3.52. The van der Waals surface area contributed by atoms with Crippen molar-refractivity contribution in [1.82, 2.24) is 19.6 Å². The molecule has 7 nitrogen and oxygen atoms in total. The van der Waals surface area contributed by atoms with E-state index >= 15 is 0 Å². The highest BCUT2D eigenvalue weighted by atomic mass is 19.1. The van der Waals surface area contributed by atoms with E-state index in [0.29, 0.717) is 24.2 Å². The Kier molecular flexibility index (Phi) is 5.91. The minimum absolute atomic E-state index is 0.221. The summed E-state index contributed by atoms with van der Waals surface area (Å²) in [5, 5.41) is 4.44. The maximum absolute atomic E-state index is 13.5. The van der Waals surface area contributed by atoms with Crippen LogP contribution in [0.3, 0.4) is 0 Å². The highest BCUT2D eigenvalue weighted by Gasteiger charge is 2.38. The number of rotatable bonds is 6. The summed E-state index contributed by atoms with van der Waals surface area (Å²) >= 11 is 0. The Balaban J connectivity index is 1.28. The summed E-state index contributed by atoms with van der Waals surface area (Å²) in [6.45, 7) is 8.40. The van der Waals surface area contributed by atoms with Gasteiger partial charge in [-0.25, -0.2) is 4.39 Å². The summed E-state index contributed by atoms with van der Waals surface area (Å²) in [4.78, 5) is 32.2. The zero-order valence-corrected chi connectivity index (χ0v) is 19.5. The lowest BCUT2D eigenvalue weighted by atomic mass is 10.1. The zero-order chi connectivity index (χ0) is 23.8. The Morgan fingerprint density at radius 3 is 2.38 bits per heavy atom. The lowest BCUT2D eigenvalue weighted by molar-refractivity contribution is 0.0647. The number of amides is 2. The number of benzene rings is 2. The van der Waals surface area contributed by atoms with Crippen LogP contribution in [0.5, 0.6) is 0 Å². The van der Waals surface area contributed by atoms with Gasteiger partial charge in [-0.05, 0) is 49.7 Å². The number of imide groups is 1. The fourth-order valence-corrected chi connectivity index (χ4v) is 4.92. The van der Waals surface area contributed by atoms with E-state index in [-0.39, 0.29) is 24.2 Å². The molecule has 2 aliphatic rings. The summed E-state index contributed by atoms with van der Waals surface area (Å²) in [5.41, 5.74) is 4.66. The summed E-state index contributed by atoms with van der Waals surface area (Å²) in [6, 6.07) is 14.2. The smallest absolute Gasteiger partial charge is 0.263 e. The molecule has 8 heteroatoms. The summed E-state index contributed by atoms with van der Waals surface area (Å²) in [5.74, 6) is -0.700. The largest absolute Gasteiger partial charge is 0.368 e. The van der Waals surface area contributed by atoms with Crippen LogP contribution in [0.15, 0.2) is 48.5 Å². The second-order valence-corrected chi connectivity index (χ2v) is 9.01. The minimum Gasteiger partial charge on any atom is -0.368 e. The van der Waals surface area contributed by atoms with Crippen molar-refractivity contribution in [3.63, 3.8) is 0 Å². The van der Waals surface area contributed by atoms with Crippen LogP contribution < -0.4 is 4.90 Å². The summed E-state index contributed by atoms with van der Waals surface area (Å²) < 4.78 is 15.3. The molecular weight excluding hydrogens is 433 g/mol. The van der Waals surface area contributed by atoms with E-state index in [0.717, 1.165) is 48.8 Å². The van der Waals surface area contributed by atoms with Crippen molar-refractivity contribution < 1.29 is 14.0 Å². The molecule has 34 heavy (non-hydrogen) atoms. The number of carbonyl (C=O) groups is 2. The van der Waals surface area contributed by atoms with Gasteiger partial charge < -0.3 is 4.90 Å². The standard InChI is InChI=1S/C26H28FN5O2/c1-18-15-19(2)32(28-18)14-13-31-25(33)22-7-4-8-23(24(22)26(31)34)30-11-9-29(10-12-30)17-20-5-3-6-21(27)16-20/h3-8,15-16H,9-14,17H2,1-2H3. The zero-order valence-electron chi connectivity index (χ0n) is 19.5. The van der Waals surface area contributed by atoms with Crippen molar-refractivity contribution in [1.29, 1.82) is 0 Å². The molecule has 3 aromatic rings. The molecule has 3 heterocycles. The van der Waals surface area contributed by atoms with Gasteiger partial charge in [0, 0.05) is 45.0 Å². The quantitative estimate of drug-likeness (QED) is 0.528. The van der Waals surface area contributed by atoms with E-state index in [9.17, 15) is 14.0 Å². The fraction of sp³-hybridized carbons (Fsp3) is 0.346. The molecule has 5 rings (SSSR count). The maximum atomic E-state index is 13.5. The van der Waals surface area contributed by atoms with Gasteiger partial charge in [0.2, 0.25) is 0 Å². The number of nitrogens with zero attached hydrogens (tertiary/aromatic N) is 5. The number of hydrogen-bond acceptors (Lipinski definition) is 5. The van der Waals surface area contributed by atoms with Gasteiger partial charge in [0.25, 0.3) is 11.8 Å². The van der Waals surface area contributed by atoms with Gasteiger partial charge >= 0.3 is 0 Å². The molecule has 176 valence electrons. The van der Waals surface area contributed by atoms with Gasteiger partial charge in [-0.1, -0.05) is 18.2 Å². The first kappa shape index (κ1) is 22.3. The molecule has 0 bridgehead atoms. The molecule has 2 aromatic carbocycles. The Labute approximate surface area is 198 Å². The Bertz CT molecular complexity index is 1250. The Morgan fingerprint density at radius 1 is 0.912 bits per heavy atom. The van der Waals surface area contributed by atoms with Crippen molar-refractivity contribution in [2.45, 2.75) is 26.9 Å². The molecule has 0 radical (unpaired) electrons. The van der Waals surface area contributed by atoms with Crippen LogP contribution in [0.1, 0.15) is 37.7 Å². The number of hydrogen-bond donors (Lipinski definition) is 0. The van der Waals surface area contributed by atoms with Crippen LogP contribution in [0, 0.1) is 19.7 Å². The molecule has 0 N–H and O–H groups in total. The average Bonchev–Trinajstić information content (AvgIpc) is 3.27. The molecule has 0 atom stereocenters. The van der Waals surface area contributed by atoms with Gasteiger partial charge in [-0.2, -0.15) is 5.10 Å². The van der Waals surface area contributed by atoms with Gasteiger partial charge in [0.15, 0.2) is 0 Å². The first-order chi connectivity index (χ1) is 16.4. The number of halogens is 1. The minimum atomic E-state index is -0.242. The molecule has 0 aliphatic carbocycles. The molecule has 0 saturated carbocycles. The van der Waals surface area contributed by atoms with Crippen molar-refractivity contribution >= 4 is 17.5 Å². The predicted octanol–water partition coefficient (Wildman–Crippen LogP) is 3.26. The molecule has 1 saturated heterocycles. The maximum Gasteiger partial charge on any atom is 0.263 e. The van der Waals surface area contributed by atoms with Crippen LogP contribution >= 0.6 is 0 Å². The average molecular weight is 462 g/mol. The second-order valence-electron chi connectivity index (χ2n) is 9.01. The normalized spacial score (nSPS) is 16.4. The number of piperazine rings is 1. The second kappa shape index (κ2) is 9.02. The third-order valence-corrected chi connectivity index (χ3v) is 6.62. The molecule has 1 fully saturated rings. The highest BCUT2D eigenvalue weighted by molar-refractivity contribution is 6.23. The van der Waals surface area contributed by atoms with E-state index < -0.39 is 0 Å². The SMILES string of the molecule is Cc1cc(C)n(CCN2C(=O)c3cccc(N4CCN(Cc5cccc(F)c5)CC4)c3C2=O)n1. The Morgan fingerprint density at radius 2 is 1.68 bits per heavy atom. The third-order valence-electron chi connectivity index (χ3n) is 6.62. The van der Waals surface area contributed by atoms with Crippen molar-refractivity contribution in [2.75, 3.05) is 37.6 Å². The molecule has 0 spiro atoms. The van der Waals surface area contributed by atoms with E-state index in [1.807, 2.05) is 42.8 Å². The van der Waals surface area contributed by atoms with E-state index in [1.54, 1.807) is 18.2 Å². The predicted molar refractivity (Wildman–Crippen MR) is 127 cm³/mol. The number of carbonyl (C=O) groups excluding carboxylic acids is 2. The third kappa shape index (κ3) is 4.21. The van der Waals surface area contributed by atoms with Crippen molar-refractivity contribution in [3.05, 3.63) is 82.4 Å². The van der Waals surface area contributed by atoms with Gasteiger partial charge in [0.05, 0.1) is 29.1 Å². The van der Waals surface area contributed by atoms with E-state index in [4.69, 9.17) is 0 Å². The number of aromatic nitrogens is 2.